The van der Waals surface area contributed by atoms with Crippen molar-refractivity contribution in [1.82, 2.24) is 10.2 Å². The quantitative estimate of drug-likeness (QED) is 0.232. The fraction of sp³-hybridized carbons (Fsp3) is 0.483. The van der Waals surface area contributed by atoms with E-state index in [1.807, 2.05) is 0 Å². The van der Waals surface area contributed by atoms with E-state index in [9.17, 15) is 29.7 Å². The third-order valence-electron chi connectivity index (χ3n) is 9.06. The molecule has 4 aliphatic rings. The third-order valence-corrected chi connectivity index (χ3v) is 10.1. The van der Waals surface area contributed by atoms with Crippen LogP contribution in [0.2, 0.25) is 0 Å². The largest absolute Gasteiger partial charge is 0.511 e. The van der Waals surface area contributed by atoms with E-state index in [0.717, 1.165) is 18.9 Å². The minimum absolute atomic E-state index is 0.000144. The van der Waals surface area contributed by atoms with Crippen LogP contribution in [0.4, 0.5) is 10.1 Å². The van der Waals surface area contributed by atoms with Gasteiger partial charge in [0.25, 0.3) is 5.91 Å². The van der Waals surface area contributed by atoms with Gasteiger partial charge in [-0.3, -0.25) is 19.3 Å². The van der Waals surface area contributed by atoms with E-state index < -0.39 is 58.2 Å². The van der Waals surface area contributed by atoms with Gasteiger partial charge in [0.15, 0.2) is 11.5 Å². The molecule has 2 amide bonds. The van der Waals surface area contributed by atoms with Crippen molar-refractivity contribution in [3.8, 4) is 5.75 Å². The van der Waals surface area contributed by atoms with Gasteiger partial charge in [-0.15, -0.1) is 9.24 Å². The predicted octanol–water partition coefficient (Wildman–Crippen LogP) is 2.60. The van der Waals surface area contributed by atoms with Gasteiger partial charge in [-0.1, -0.05) is 12.5 Å². The summed E-state index contributed by atoms with van der Waals surface area (Å²) in [4.78, 5) is 41.1. The predicted molar refractivity (Wildman–Crippen MR) is 154 cm³/mol. The molecule has 0 spiro atoms. The summed E-state index contributed by atoms with van der Waals surface area (Å²) >= 11 is 0. The molecule has 5 rings (SSSR count). The number of likely N-dealkylation sites (N-methyl/N-ethyl adjacent to an activating group) is 1. The maximum Gasteiger partial charge on any atom is 0.252 e. The smallest absolute Gasteiger partial charge is 0.252 e. The zero-order valence-electron chi connectivity index (χ0n) is 23.3. The van der Waals surface area contributed by atoms with E-state index in [2.05, 4.69) is 19.9 Å². The lowest BCUT2D eigenvalue weighted by Gasteiger charge is -2.53. The highest BCUT2D eigenvalue weighted by atomic mass is 31.0. The van der Waals surface area contributed by atoms with Crippen molar-refractivity contribution in [3.05, 3.63) is 57.3 Å². The molecule has 6 atom stereocenters. The molecule has 1 aromatic rings. The maximum absolute atomic E-state index is 15.5. The highest BCUT2D eigenvalue weighted by Gasteiger charge is 2.59. The Bertz CT molecular complexity index is 1450. The molecule has 1 unspecified atom stereocenters. The molecule has 0 saturated carbocycles. The Labute approximate surface area is 239 Å². The molecule has 220 valence electrons. The lowest BCUT2D eigenvalue weighted by molar-refractivity contribution is -0.118. The van der Waals surface area contributed by atoms with Crippen LogP contribution in [0, 0.1) is 17.7 Å². The molecule has 1 aliphatic heterocycles. The molecule has 0 radical (unpaired) electrons. The monoisotopic (exact) mass is 586 g/mol. The molecule has 0 aromatic heterocycles. The number of aliphatic hydroxyl groups excluding tert-OH is 2. The number of fused-ring (bicyclic) bond motifs is 3. The van der Waals surface area contributed by atoms with Crippen LogP contribution in [0.25, 0.3) is 0 Å². The number of carbonyl (C=O) groups excluding carboxylic acids is 3. The number of nitrogens with zero attached hydrogens (tertiary/aromatic N) is 1. The second-order valence-electron chi connectivity index (χ2n) is 11.5. The minimum Gasteiger partial charge on any atom is -0.511 e. The normalized spacial score (nSPS) is 30.7. The van der Waals surface area contributed by atoms with Gasteiger partial charge in [-0.2, -0.15) is 0 Å². The number of benzene rings is 1. The topological polar surface area (TPSA) is 165 Å². The van der Waals surface area contributed by atoms with Crippen molar-refractivity contribution in [3.63, 3.8) is 0 Å². The zero-order chi connectivity index (χ0) is 30.0. The number of hydrogen-bond acceptors (Lipinski definition) is 8. The number of ketones is 1. The number of halogens is 1. The van der Waals surface area contributed by atoms with Crippen LogP contribution in [0.15, 0.2) is 40.4 Å². The number of phenolic OH excluding ortho intramolecular Hbond substituents is 1. The number of carbonyl (C=O) groups is 3. The van der Waals surface area contributed by atoms with Crippen molar-refractivity contribution in [2.24, 2.45) is 17.6 Å². The first kappa shape index (κ1) is 29.2. The van der Waals surface area contributed by atoms with Gasteiger partial charge in [0.2, 0.25) is 5.91 Å². The first-order valence-corrected chi connectivity index (χ1v) is 14.3. The summed E-state index contributed by atoms with van der Waals surface area (Å²) in [6.07, 6.45) is 4.23. The van der Waals surface area contributed by atoms with Gasteiger partial charge in [0.05, 0.1) is 34.1 Å². The van der Waals surface area contributed by atoms with Crippen molar-refractivity contribution in [2.75, 3.05) is 26.0 Å². The van der Waals surface area contributed by atoms with Crippen LogP contribution in [-0.4, -0.2) is 75.7 Å². The van der Waals surface area contributed by atoms with Gasteiger partial charge in [0, 0.05) is 23.1 Å². The van der Waals surface area contributed by atoms with Crippen molar-refractivity contribution in [2.45, 2.75) is 56.3 Å². The Morgan fingerprint density at radius 2 is 1.98 bits per heavy atom. The first-order chi connectivity index (χ1) is 19.3. The summed E-state index contributed by atoms with van der Waals surface area (Å²) in [5, 5.41) is 38.5. The molecule has 12 heteroatoms. The molecule has 7 N–H and O–H groups in total. The van der Waals surface area contributed by atoms with Gasteiger partial charge < -0.3 is 31.7 Å². The molecule has 3 aliphatic carbocycles. The zero-order valence-corrected chi connectivity index (χ0v) is 24.4. The lowest BCUT2D eigenvalue weighted by atomic mass is 9.59. The van der Waals surface area contributed by atoms with Gasteiger partial charge in [-0.05, 0) is 64.7 Å². The Morgan fingerprint density at radius 1 is 1.27 bits per heavy atom. The van der Waals surface area contributed by atoms with E-state index in [1.165, 1.54) is 0 Å². The van der Waals surface area contributed by atoms with E-state index in [0.29, 0.717) is 13.0 Å². The number of aromatic hydroxyl groups is 1. The number of allylic oxidation sites excluding steroid dienone is 3. The number of piperidine rings is 1. The Hall–Kier alpha value is -3.27. The summed E-state index contributed by atoms with van der Waals surface area (Å²) in [6.45, 7) is 2.31. The molecule has 41 heavy (non-hydrogen) atoms. The third kappa shape index (κ3) is 4.37. The molecule has 1 saturated heterocycles. The Kier molecular flexibility index (Phi) is 7.51. The van der Waals surface area contributed by atoms with Crippen molar-refractivity contribution < 1.29 is 34.1 Å². The van der Waals surface area contributed by atoms with E-state index in [4.69, 9.17) is 5.73 Å². The van der Waals surface area contributed by atoms with Crippen LogP contribution in [-0.2, 0) is 16.0 Å². The summed E-state index contributed by atoms with van der Waals surface area (Å²) in [6, 6.07) is -0.211. The summed E-state index contributed by atoms with van der Waals surface area (Å²) in [7, 11) is 6.01. The molecule has 1 heterocycles. The van der Waals surface area contributed by atoms with Crippen molar-refractivity contribution in [1.29, 1.82) is 0 Å². The number of nitrogens with two attached hydrogens (primary N) is 1. The summed E-state index contributed by atoms with van der Waals surface area (Å²) < 4.78 is 15.5. The molecule has 1 aromatic carbocycles. The first-order valence-electron chi connectivity index (χ1n) is 13.8. The van der Waals surface area contributed by atoms with Gasteiger partial charge >= 0.3 is 0 Å². The van der Waals surface area contributed by atoms with Gasteiger partial charge in [0.1, 0.15) is 17.3 Å². The molecule has 0 bridgehead atoms. The van der Waals surface area contributed by atoms with Crippen LogP contribution >= 0.6 is 9.24 Å². The molecule has 1 fully saturated rings. The highest BCUT2D eigenvalue weighted by Crippen LogP contribution is 2.59. The number of amides is 2. The molecular formula is C29H36FN4O6P. The second-order valence-corrected chi connectivity index (χ2v) is 12.4. The number of phenols is 1. The van der Waals surface area contributed by atoms with Crippen LogP contribution in [0.5, 0.6) is 5.75 Å². The fourth-order valence-corrected chi connectivity index (χ4v) is 8.00. The number of hydrogen-bond donors (Lipinski definition) is 6. The lowest BCUT2D eigenvalue weighted by Crippen LogP contribution is -2.57. The SMILES string of the molecule is CC=C1C(C(N)=O)=C(O)[C@@H](N(C)C)[C@@H]2C[C@@H]3Cc4c(F)cc(NC(=O)[C@H]5CCCCN5)c(O)c4C(=O)C3=C(O)[C@]12P. The standard InChI is InChI=1S/C29H36FN4O6P/c1-4-14-21(27(31)39)25(37)22(34(2)3)15-10-12-9-13-16(30)11-18(33-28(40)17-7-5-6-8-32-17)23(35)20(13)24(36)19(12)26(38)29(14,15)41/h4,11-12,15,17,22,32,35,37-38H,5-10,41H2,1-3H3,(H2,31,39)(H,33,40)/t12-,15-,17+,22-,29-/m0/s1. The Morgan fingerprint density at radius 3 is 2.56 bits per heavy atom. The molecular weight excluding hydrogens is 550 g/mol. The second kappa shape index (κ2) is 10.5. The number of aliphatic hydroxyl groups is 2. The van der Waals surface area contributed by atoms with Crippen molar-refractivity contribution >= 4 is 32.5 Å². The van der Waals surface area contributed by atoms with E-state index in [1.54, 1.807) is 32.0 Å². The highest BCUT2D eigenvalue weighted by molar-refractivity contribution is 7.20. The summed E-state index contributed by atoms with van der Waals surface area (Å²) in [5.74, 6) is -5.11. The number of anilines is 1. The fourth-order valence-electron chi connectivity index (χ4n) is 7.21. The van der Waals surface area contributed by atoms with Gasteiger partial charge in [-0.25, -0.2) is 4.39 Å². The number of Topliss-reactive ketones (excluding diaryl/α,β-unsaturated/α-hetero) is 1. The van der Waals surface area contributed by atoms with Crippen LogP contribution in [0.3, 0.4) is 0 Å². The van der Waals surface area contributed by atoms with Crippen LogP contribution in [0.1, 0.15) is 48.5 Å². The number of primary amides is 1. The molecule has 10 nitrogen and oxygen atoms in total. The number of rotatable bonds is 4. The maximum atomic E-state index is 15.5. The van der Waals surface area contributed by atoms with E-state index >= 15 is 4.39 Å². The summed E-state index contributed by atoms with van der Waals surface area (Å²) in [5.41, 5.74) is 5.27. The Balaban J connectivity index is 1.63. The average molecular weight is 587 g/mol. The average Bonchev–Trinajstić information content (AvgIpc) is 2.92. The van der Waals surface area contributed by atoms with Crippen LogP contribution < -0.4 is 16.4 Å². The minimum atomic E-state index is -1.37. The van der Waals surface area contributed by atoms with E-state index in [-0.39, 0.29) is 57.9 Å². The number of nitrogens with one attached hydrogen (secondary N) is 2.